The predicted octanol–water partition coefficient (Wildman–Crippen LogP) is 3.42. The molecule has 0 saturated carbocycles. The van der Waals surface area contributed by atoms with Crippen LogP contribution in [0.1, 0.15) is 5.56 Å². The van der Waals surface area contributed by atoms with Crippen molar-refractivity contribution in [1.29, 1.82) is 0 Å². The van der Waals surface area contributed by atoms with Gasteiger partial charge in [-0.15, -0.1) is 0 Å². The fraction of sp³-hybridized carbons (Fsp3) is 0.350. The van der Waals surface area contributed by atoms with Crippen LogP contribution in [0.2, 0.25) is 5.02 Å². The highest BCUT2D eigenvalue weighted by Crippen LogP contribution is 2.26. The number of halogens is 1. The Balaban J connectivity index is 1.61. The van der Waals surface area contributed by atoms with Gasteiger partial charge in [-0.25, -0.2) is 0 Å². The van der Waals surface area contributed by atoms with E-state index in [1.807, 2.05) is 37.3 Å². The Labute approximate surface area is 159 Å². The summed E-state index contributed by atoms with van der Waals surface area (Å²) in [4.78, 5) is 16.9. The Morgan fingerprint density at radius 3 is 2.62 bits per heavy atom. The molecule has 0 bridgehead atoms. The van der Waals surface area contributed by atoms with Gasteiger partial charge >= 0.3 is 0 Å². The first-order valence-corrected chi connectivity index (χ1v) is 9.12. The number of nitrogens with one attached hydrogen (secondary N) is 1. The molecule has 1 saturated heterocycles. The van der Waals surface area contributed by atoms with Crippen molar-refractivity contribution in [3.63, 3.8) is 0 Å². The normalized spacial score (nSPS) is 15.0. The number of aryl methyl sites for hydroxylation is 1. The summed E-state index contributed by atoms with van der Waals surface area (Å²) in [6.45, 7) is 5.79. The number of carbonyl (C=O) groups is 1. The molecule has 6 heteroatoms. The summed E-state index contributed by atoms with van der Waals surface area (Å²) >= 11 is 6.01. The van der Waals surface area contributed by atoms with Crippen LogP contribution >= 0.6 is 11.6 Å². The second-order valence-corrected chi connectivity index (χ2v) is 6.96. The average Bonchev–Trinajstić information content (AvgIpc) is 2.64. The summed E-state index contributed by atoms with van der Waals surface area (Å²) in [7, 11) is 2.13. The average molecular weight is 374 g/mol. The number of anilines is 2. The second-order valence-electron chi connectivity index (χ2n) is 6.56. The summed E-state index contributed by atoms with van der Waals surface area (Å²) in [5.41, 5.74) is 2.79. The highest BCUT2D eigenvalue weighted by Gasteiger charge is 2.17. The van der Waals surface area contributed by atoms with Crippen molar-refractivity contribution in [2.75, 3.05) is 50.1 Å². The molecule has 3 rings (SSSR count). The quantitative estimate of drug-likeness (QED) is 0.872. The molecule has 0 atom stereocenters. The summed E-state index contributed by atoms with van der Waals surface area (Å²) in [6, 6.07) is 13.3. The number of nitrogens with zero attached hydrogens (tertiary/aromatic N) is 2. The number of amides is 1. The molecule has 0 aliphatic carbocycles. The van der Waals surface area contributed by atoms with Crippen molar-refractivity contribution in [2.45, 2.75) is 6.92 Å². The zero-order valence-electron chi connectivity index (χ0n) is 15.2. The number of carbonyl (C=O) groups excluding carboxylic acids is 1. The molecular formula is C20H24ClN3O2. The minimum Gasteiger partial charge on any atom is -0.484 e. The molecule has 0 radical (unpaired) electrons. The Hall–Kier alpha value is -2.24. The Kier molecular flexibility index (Phi) is 6.01. The van der Waals surface area contributed by atoms with E-state index in [9.17, 15) is 4.79 Å². The Morgan fingerprint density at radius 1 is 1.15 bits per heavy atom. The topological polar surface area (TPSA) is 44.8 Å². The first-order valence-electron chi connectivity index (χ1n) is 8.74. The van der Waals surface area contributed by atoms with E-state index in [2.05, 4.69) is 22.2 Å². The highest BCUT2D eigenvalue weighted by atomic mass is 35.5. The van der Waals surface area contributed by atoms with Crippen LogP contribution in [-0.2, 0) is 4.79 Å². The number of ether oxygens (including phenoxy) is 1. The number of para-hydroxylation sites is 2. The molecule has 1 aliphatic heterocycles. The van der Waals surface area contributed by atoms with Gasteiger partial charge in [-0.1, -0.05) is 23.7 Å². The van der Waals surface area contributed by atoms with Gasteiger partial charge in [0, 0.05) is 31.2 Å². The SMILES string of the molecule is Cc1cc(OCC(=O)Nc2ccccc2N2CCN(C)CC2)ccc1Cl. The molecule has 1 heterocycles. The monoisotopic (exact) mass is 373 g/mol. The lowest BCUT2D eigenvalue weighted by Crippen LogP contribution is -2.44. The molecular weight excluding hydrogens is 350 g/mol. The van der Waals surface area contributed by atoms with Crippen LogP contribution in [-0.4, -0.2) is 50.6 Å². The van der Waals surface area contributed by atoms with E-state index >= 15 is 0 Å². The lowest BCUT2D eigenvalue weighted by molar-refractivity contribution is -0.118. The van der Waals surface area contributed by atoms with Gasteiger partial charge in [0.25, 0.3) is 5.91 Å². The van der Waals surface area contributed by atoms with Crippen molar-refractivity contribution in [3.8, 4) is 5.75 Å². The van der Waals surface area contributed by atoms with Gasteiger partial charge < -0.3 is 19.9 Å². The molecule has 1 fully saturated rings. The molecule has 2 aromatic rings. The number of likely N-dealkylation sites (N-methyl/N-ethyl adjacent to an activating group) is 1. The minimum atomic E-state index is -0.181. The zero-order chi connectivity index (χ0) is 18.5. The van der Waals surface area contributed by atoms with Gasteiger partial charge in [-0.3, -0.25) is 4.79 Å². The van der Waals surface area contributed by atoms with Gasteiger partial charge in [0.05, 0.1) is 11.4 Å². The third-order valence-electron chi connectivity index (χ3n) is 4.52. The molecule has 2 aromatic carbocycles. The lowest BCUT2D eigenvalue weighted by Gasteiger charge is -2.35. The first-order chi connectivity index (χ1) is 12.5. The number of benzene rings is 2. The fourth-order valence-electron chi connectivity index (χ4n) is 2.94. The lowest BCUT2D eigenvalue weighted by atomic mass is 10.2. The van der Waals surface area contributed by atoms with Crippen molar-refractivity contribution in [2.24, 2.45) is 0 Å². The van der Waals surface area contributed by atoms with E-state index in [-0.39, 0.29) is 12.5 Å². The minimum absolute atomic E-state index is 0.0435. The van der Waals surface area contributed by atoms with E-state index < -0.39 is 0 Å². The Morgan fingerprint density at radius 2 is 1.88 bits per heavy atom. The van der Waals surface area contributed by atoms with Crippen molar-refractivity contribution in [1.82, 2.24) is 4.90 Å². The molecule has 138 valence electrons. The number of piperazine rings is 1. The smallest absolute Gasteiger partial charge is 0.262 e. The summed E-state index contributed by atoms with van der Waals surface area (Å²) in [5.74, 6) is 0.452. The van der Waals surface area contributed by atoms with Gasteiger partial charge in [-0.05, 0) is 49.9 Å². The summed E-state index contributed by atoms with van der Waals surface area (Å²) in [5, 5.41) is 3.65. The van der Waals surface area contributed by atoms with Gasteiger partial charge in [0.1, 0.15) is 5.75 Å². The molecule has 5 nitrogen and oxygen atoms in total. The largest absolute Gasteiger partial charge is 0.484 e. The maximum atomic E-state index is 12.3. The van der Waals surface area contributed by atoms with Crippen molar-refractivity contribution >= 4 is 28.9 Å². The number of rotatable bonds is 5. The van der Waals surface area contributed by atoms with Crippen LogP contribution < -0.4 is 15.0 Å². The van der Waals surface area contributed by atoms with Gasteiger partial charge in [0.2, 0.25) is 0 Å². The molecule has 0 aromatic heterocycles. The molecule has 1 aliphatic rings. The highest BCUT2D eigenvalue weighted by molar-refractivity contribution is 6.31. The fourth-order valence-corrected chi connectivity index (χ4v) is 3.06. The van der Waals surface area contributed by atoms with Crippen LogP contribution in [0.15, 0.2) is 42.5 Å². The second kappa shape index (κ2) is 8.43. The first kappa shape index (κ1) is 18.5. The van der Waals surface area contributed by atoms with Crippen molar-refractivity contribution < 1.29 is 9.53 Å². The molecule has 0 unspecified atom stereocenters. The third-order valence-corrected chi connectivity index (χ3v) is 4.95. The van der Waals surface area contributed by atoms with Crippen LogP contribution in [0, 0.1) is 6.92 Å². The summed E-state index contributed by atoms with van der Waals surface area (Å²) in [6.07, 6.45) is 0. The van der Waals surface area contributed by atoms with Crippen molar-refractivity contribution in [3.05, 3.63) is 53.1 Å². The maximum Gasteiger partial charge on any atom is 0.262 e. The Bertz CT molecular complexity index is 773. The number of hydrogen-bond acceptors (Lipinski definition) is 4. The number of hydrogen-bond donors (Lipinski definition) is 1. The standard InChI is InChI=1S/C20H24ClN3O2/c1-15-13-16(7-8-17(15)21)26-14-20(25)22-18-5-3-4-6-19(18)24-11-9-23(2)10-12-24/h3-8,13H,9-12,14H2,1-2H3,(H,22,25). The third kappa shape index (κ3) is 4.68. The molecule has 0 spiro atoms. The summed E-state index contributed by atoms with van der Waals surface area (Å²) < 4.78 is 5.58. The van der Waals surface area contributed by atoms with E-state index in [0.29, 0.717) is 10.8 Å². The van der Waals surface area contributed by atoms with Gasteiger partial charge in [-0.2, -0.15) is 0 Å². The van der Waals surface area contributed by atoms with Gasteiger partial charge in [0.15, 0.2) is 6.61 Å². The molecule has 26 heavy (non-hydrogen) atoms. The van der Waals surface area contributed by atoms with E-state index in [4.69, 9.17) is 16.3 Å². The van der Waals surface area contributed by atoms with Crippen LogP contribution in [0.3, 0.4) is 0 Å². The van der Waals surface area contributed by atoms with E-state index in [0.717, 1.165) is 43.1 Å². The van der Waals surface area contributed by atoms with Crippen LogP contribution in [0.5, 0.6) is 5.75 Å². The van der Waals surface area contributed by atoms with E-state index in [1.54, 1.807) is 12.1 Å². The molecule has 1 N–H and O–H groups in total. The predicted molar refractivity (Wildman–Crippen MR) is 106 cm³/mol. The molecule has 1 amide bonds. The zero-order valence-corrected chi connectivity index (χ0v) is 15.9. The van der Waals surface area contributed by atoms with Crippen LogP contribution in [0.4, 0.5) is 11.4 Å². The van der Waals surface area contributed by atoms with Crippen LogP contribution in [0.25, 0.3) is 0 Å². The maximum absolute atomic E-state index is 12.3. The van der Waals surface area contributed by atoms with E-state index in [1.165, 1.54) is 0 Å².